The Hall–Kier alpha value is -3.27. The van der Waals surface area contributed by atoms with Crippen LogP contribution in [0.3, 0.4) is 0 Å². The van der Waals surface area contributed by atoms with E-state index in [1.165, 1.54) is 11.8 Å². The maximum atomic E-state index is 12.5. The molecule has 0 unspecified atom stereocenters. The van der Waals surface area contributed by atoms with Crippen molar-refractivity contribution in [2.24, 2.45) is 0 Å². The van der Waals surface area contributed by atoms with Crippen LogP contribution in [0.15, 0.2) is 77.7 Å². The fourth-order valence-electron chi connectivity index (χ4n) is 2.60. The molecule has 0 aliphatic heterocycles. The molecule has 3 aromatic carbocycles. The first-order chi connectivity index (χ1) is 14.6. The predicted molar refractivity (Wildman–Crippen MR) is 118 cm³/mol. The highest BCUT2D eigenvalue weighted by Crippen LogP contribution is 2.25. The van der Waals surface area contributed by atoms with Crippen LogP contribution in [-0.2, 0) is 16.1 Å². The van der Waals surface area contributed by atoms with E-state index in [0.717, 1.165) is 5.56 Å². The highest BCUT2D eigenvalue weighted by Gasteiger charge is 2.15. The summed E-state index contributed by atoms with van der Waals surface area (Å²) in [5.41, 5.74) is 2.12. The van der Waals surface area contributed by atoms with E-state index in [2.05, 4.69) is 5.32 Å². The molecule has 1 amide bonds. The maximum Gasteiger partial charge on any atom is 0.339 e. The highest BCUT2D eigenvalue weighted by molar-refractivity contribution is 8.00. The number of carbonyl (C=O) groups excluding carboxylic acids is 2. The highest BCUT2D eigenvalue weighted by atomic mass is 35.5. The number of benzene rings is 3. The molecular weight excluding hydrogens is 420 g/mol. The van der Waals surface area contributed by atoms with Crippen LogP contribution in [0, 0.1) is 11.3 Å². The second-order valence-electron chi connectivity index (χ2n) is 6.19. The van der Waals surface area contributed by atoms with Gasteiger partial charge in [-0.1, -0.05) is 48.0 Å². The number of rotatable bonds is 7. The van der Waals surface area contributed by atoms with E-state index < -0.39 is 5.97 Å². The number of nitrogens with zero attached hydrogens (tertiary/aromatic N) is 1. The smallest absolute Gasteiger partial charge is 0.339 e. The van der Waals surface area contributed by atoms with Gasteiger partial charge in [-0.15, -0.1) is 11.8 Å². The molecule has 150 valence electrons. The second kappa shape index (κ2) is 10.5. The van der Waals surface area contributed by atoms with E-state index in [1.54, 1.807) is 66.7 Å². The molecule has 3 rings (SSSR count). The van der Waals surface area contributed by atoms with Gasteiger partial charge in [0, 0.05) is 21.2 Å². The first-order valence-corrected chi connectivity index (χ1v) is 10.4. The molecule has 0 radical (unpaired) electrons. The summed E-state index contributed by atoms with van der Waals surface area (Å²) >= 11 is 7.33. The lowest BCUT2D eigenvalue weighted by atomic mass is 10.2. The summed E-state index contributed by atoms with van der Waals surface area (Å²) in [7, 11) is 0. The van der Waals surface area contributed by atoms with Crippen molar-refractivity contribution >= 4 is 40.9 Å². The van der Waals surface area contributed by atoms with E-state index in [0.29, 0.717) is 26.7 Å². The topological polar surface area (TPSA) is 79.2 Å². The van der Waals surface area contributed by atoms with Crippen LogP contribution in [0.4, 0.5) is 5.69 Å². The van der Waals surface area contributed by atoms with E-state index in [1.807, 2.05) is 12.1 Å². The van der Waals surface area contributed by atoms with Gasteiger partial charge < -0.3 is 10.1 Å². The van der Waals surface area contributed by atoms with Gasteiger partial charge in [0.15, 0.2) is 0 Å². The lowest BCUT2D eigenvalue weighted by Gasteiger charge is -2.10. The number of hydrogen-bond acceptors (Lipinski definition) is 5. The molecule has 0 saturated heterocycles. The Morgan fingerprint density at radius 1 is 1.03 bits per heavy atom. The molecule has 0 spiro atoms. The number of esters is 1. The molecule has 7 heteroatoms. The molecule has 0 atom stereocenters. The molecule has 3 aromatic rings. The standard InChI is InChI=1S/C23H17ClN2O3S/c24-20-10-3-1-7-17(20)14-29-23(28)19-9-2-4-11-21(19)30-15-22(27)26-18-8-5-6-16(12-18)13-25/h1-12H,14-15H2,(H,26,27). The van der Waals surface area contributed by atoms with Crippen molar-refractivity contribution in [1.29, 1.82) is 5.26 Å². The van der Waals surface area contributed by atoms with Crippen LogP contribution >= 0.6 is 23.4 Å². The third kappa shape index (κ3) is 5.86. The predicted octanol–water partition coefficient (Wildman–Crippen LogP) is 5.30. The summed E-state index contributed by atoms with van der Waals surface area (Å²) in [4.78, 5) is 25.5. The summed E-state index contributed by atoms with van der Waals surface area (Å²) in [5.74, 6) is -0.625. The molecule has 0 aromatic heterocycles. The summed E-state index contributed by atoms with van der Waals surface area (Å²) in [6.07, 6.45) is 0. The average molecular weight is 437 g/mol. The second-order valence-corrected chi connectivity index (χ2v) is 7.62. The summed E-state index contributed by atoms with van der Waals surface area (Å²) in [6.45, 7) is 0.0627. The lowest BCUT2D eigenvalue weighted by Crippen LogP contribution is -2.14. The van der Waals surface area contributed by atoms with Crippen molar-refractivity contribution in [1.82, 2.24) is 0 Å². The van der Waals surface area contributed by atoms with Gasteiger partial charge in [-0.25, -0.2) is 4.79 Å². The number of halogens is 1. The Morgan fingerprint density at radius 3 is 2.60 bits per heavy atom. The van der Waals surface area contributed by atoms with Gasteiger partial charge in [0.1, 0.15) is 6.61 Å². The van der Waals surface area contributed by atoms with Crippen LogP contribution in [0.5, 0.6) is 0 Å². The maximum absolute atomic E-state index is 12.5. The molecule has 0 bridgehead atoms. The number of thioether (sulfide) groups is 1. The third-order valence-electron chi connectivity index (χ3n) is 4.06. The molecule has 1 N–H and O–H groups in total. The van der Waals surface area contributed by atoms with Crippen LogP contribution in [-0.4, -0.2) is 17.6 Å². The average Bonchev–Trinajstić information content (AvgIpc) is 2.77. The quantitative estimate of drug-likeness (QED) is 0.401. The SMILES string of the molecule is N#Cc1cccc(NC(=O)CSc2ccccc2C(=O)OCc2ccccc2Cl)c1. The molecule has 5 nitrogen and oxygen atoms in total. The fourth-order valence-corrected chi connectivity index (χ4v) is 3.64. The minimum atomic E-state index is -0.486. The lowest BCUT2D eigenvalue weighted by molar-refractivity contribution is -0.113. The number of ether oxygens (including phenoxy) is 1. The van der Waals surface area contributed by atoms with Crippen molar-refractivity contribution in [2.75, 3.05) is 11.1 Å². The Labute approximate surface area is 183 Å². The molecule has 30 heavy (non-hydrogen) atoms. The first-order valence-electron chi connectivity index (χ1n) is 8.99. The molecular formula is C23H17ClN2O3S. The van der Waals surface area contributed by atoms with Gasteiger partial charge in [-0.2, -0.15) is 5.26 Å². The Kier molecular flexibility index (Phi) is 7.50. The molecule has 0 heterocycles. The number of carbonyl (C=O) groups is 2. The van der Waals surface area contributed by atoms with Crippen molar-refractivity contribution in [2.45, 2.75) is 11.5 Å². The molecule has 0 aliphatic carbocycles. The zero-order valence-electron chi connectivity index (χ0n) is 15.8. The number of amides is 1. The Morgan fingerprint density at radius 2 is 1.80 bits per heavy atom. The van der Waals surface area contributed by atoms with Crippen molar-refractivity contribution in [3.05, 3.63) is 94.5 Å². The Balaban J connectivity index is 1.60. The van der Waals surface area contributed by atoms with Gasteiger partial charge in [0.2, 0.25) is 5.91 Å². The van der Waals surface area contributed by atoms with Crippen LogP contribution in [0.25, 0.3) is 0 Å². The van der Waals surface area contributed by atoms with Gasteiger partial charge >= 0.3 is 5.97 Å². The van der Waals surface area contributed by atoms with E-state index in [-0.39, 0.29) is 18.3 Å². The minimum Gasteiger partial charge on any atom is -0.457 e. The van der Waals surface area contributed by atoms with E-state index >= 15 is 0 Å². The van der Waals surface area contributed by atoms with Gasteiger partial charge in [-0.3, -0.25) is 4.79 Å². The van der Waals surface area contributed by atoms with Crippen LogP contribution < -0.4 is 5.32 Å². The number of nitriles is 1. The molecule has 0 fully saturated rings. The number of nitrogens with one attached hydrogen (secondary N) is 1. The summed E-state index contributed by atoms with van der Waals surface area (Å²) < 4.78 is 5.40. The molecule has 0 saturated carbocycles. The van der Waals surface area contributed by atoms with Crippen LogP contribution in [0.1, 0.15) is 21.5 Å². The van der Waals surface area contributed by atoms with E-state index in [4.69, 9.17) is 21.6 Å². The Bertz CT molecular complexity index is 1110. The first kappa shape index (κ1) is 21.4. The summed E-state index contributed by atoms with van der Waals surface area (Å²) in [5, 5.41) is 12.2. The zero-order valence-corrected chi connectivity index (χ0v) is 17.4. The monoisotopic (exact) mass is 436 g/mol. The van der Waals surface area contributed by atoms with E-state index in [9.17, 15) is 9.59 Å². The van der Waals surface area contributed by atoms with Gasteiger partial charge in [0.05, 0.1) is 22.9 Å². The number of anilines is 1. The normalized spacial score (nSPS) is 10.1. The number of hydrogen-bond donors (Lipinski definition) is 1. The third-order valence-corrected chi connectivity index (χ3v) is 5.50. The summed E-state index contributed by atoms with van der Waals surface area (Å²) in [6, 6.07) is 22.8. The largest absolute Gasteiger partial charge is 0.457 e. The molecule has 0 aliphatic rings. The van der Waals surface area contributed by atoms with Crippen molar-refractivity contribution < 1.29 is 14.3 Å². The fraction of sp³-hybridized carbons (Fsp3) is 0.0870. The van der Waals surface area contributed by atoms with Crippen molar-refractivity contribution in [3.8, 4) is 6.07 Å². The minimum absolute atomic E-state index is 0.0627. The van der Waals surface area contributed by atoms with Gasteiger partial charge in [-0.05, 0) is 36.4 Å². The van der Waals surface area contributed by atoms with Crippen LogP contribution in [0.2, 0.25) is 5.02 Å². The van der Waals surface area contributed by atoms with Gasteiger partial charge in [0.25, 0.3) is 0 Å². The van der Waals surface area contributed by atoms with Crippen molar-refractivity contribution in [3.63, 3.8) is 0 Å². The zero-order chi connectivity index (χ0) is 21.3.